The van der Waals surface area contributed by atoms with Gasteiger partial charge in [0.2, 0.25) is 0 Å². The van der Waals surface area contributed by atoms with E-state index < -0.39 is 0 Å². The van der Waals surface area contributed by atoms with Crippen LogP contribution in [-0.2, 0) is 6.54 Å². The predicted octanol–water partition coefficient (Wildman–Crippen LogP) is 2.88. The summed E-state index contributed by atoms with van der Waals surface area (Å²) < 4.78 is 0. The van der Waals surface area contributed by atoms with E-state index in [9.17, 15) is 5.11 Å². The van der Waals surface area contributed by atoms with E-state index >= 15 is 0 Å². The fraction of sp³-hybridized carbons (Fsp3) is 0.571. The number of nitrogens with zero attached hydrogens (tertiary/aromatic N) is 1. The number of phenols is 1. The van der Waals surface area contributed by atoms with E-state index in [2.05, 4.69) is 10.2 Å². The summed E-state index contributed by atoms with van der Waals surface area (Å²) in [5.74, 6) is 0.902. The van der Waals surface area contributed by atoms with E-state index in [4.69, 9.17) is 23.2 Å². The van der Waals surface area contributed by atoms with Crippen LogP contribution in [-0.4, -0.2) is 35.7 Å². The Morgan fingerprint density at radius 1 is 1.32 bits per heavy atom. The summed E-state index contributed by atoms with van der Waals surface area (Å²) in [6.45, 7) is 3.96. The van der Waals surface area contributed by atoms with Gasteiger partial charge < -0.3 is 10.4 Å². The van der Waals surface area contributed by atoms with Gasteiger partial charge in [0.15, 0.2) is 0 Å². The monoisotopic (exact) mass is 300 g/mol. The lowest BCUT2D eigenvalue weighted by atomic mass is 9.94. The number of fused-ring (bicyclic) bond motifs is 1. The molecule has 0 bridgehead atoms. The van der Waals surface area contributed by atoms with Crippen molar-refractivity contribution in [3.05, 3.63) is 27.7 Å². The Bertz CT molecular complexity index is 467. The molecule has 1 aromatic rings. The minimum absolute atomic E-state index is 0.161. The molecule has 3 rings (SSSR count). The molecule has 2 unspecified atom stereocenters. The molecule has 2 fully saturated rings. The zero-order valence-corrected chi connectivity index (χ0v) is 12.2. The Kier molecular flexibility index (Phi) is 3.90. The second kappa shape index (κ2) is 5.49. The Balaban J connectivity index is 1.72. The molecule has 0 radical (unpaired) electrons. The lowest BCUT2D eigenvalue weighted by Gasteiger charge is -2.24. The van der Waals surface area contributed by atoms with Gasteiger partial charge in [-0.3, -0.25) is 4.90 Å². The van der Waals surface area contributed by atoms with Crippen molar-refractivity contribution < 1.29 is 5.11 Å². The van der Waals surface area contributed by atoms with Gasteiger partial charge in [-0.2, -0.15) is 0 Å². The molecule has 0 saturated carbocycles. The molecule has 0 amide bonds. The average molecular weight is 301 g/mol. The van der Waals surface area contributed by atoms with Crippen LogP contribution in [0.4, 0.5) is 0 Å². The normalized spacial score (nSPS) is 27.5. The molecule has 5 heteroatoms. The van der Waals surface area contributed by atoms with Crippen LogP contribution in [0.15, 0.2) is 12.1 Å². The maximum absolute atomic E-state index is 10.0. The molecular weight excluding hydrogens is 283 g/mol. The van der Waals surface area contributed by atoms with Gasteiger partial charge in [-0.05, 0) is 37.4 Å². The quantitative estimate of drug-likeness (QED) is 0.881. The largest absolute Gasteiger partial charge is 0.506 e. The summed E-state index contributed by atoms with van der Waals surface area (Å²) in [5, 5.41) is 14.5. The first-order valence-electron chi connectivity index (χ1n) is 6.76. The third-order valence-electron chi connectivity index (χ3n) is 4.18. The predicted molar refractivity (Wildman–Crippen MR) is 77.9 cm³/mol. The van der Waals surface area contributed by atoms with Crippen LogP contribution in [0.3, 0.4) is 0 Å². The molecule has 0 spiro atoms. The summed E-state index contributed by atoms with van der Waals surface area (Å²) in [6, 6.07) is 3.98. The molecule has 2 N–H and O–H groups in total. The second-order valence-corrected chi connectivity index (χ2v) is 6.40. The SMILES string of the molecule is Oc1c(Cl)cc(Cl)cc1CN1CC2CCCNC2C1. The maximum atomic E-state index is 10.0. The number of likely N-dealkylation sites (tertiary alicyclic amines) is 1. The van der Waals surface area contributed by atoms with Gasteiger partial charge in [-0.15, -0.1) is 0 Å². The van der Waals surface area contributed by atoms with Crippen LogP contribution in [0.25, 0.3) is 0 Å². The molecule has 2 saturated heterocycles. The van der Waals surface area contributed by atoms with Gasteiger partial charge in [-0.1, -0.05) is 23.2 Å². The van der Waals surface area contributed by atoms with Crippen molar-refractivity contribution in [3.63, 3.8) is 0 Å². The number of phenolic OH excluding ortho intramolecular Hbond substituents is 1. The summed E-state index contributed by atoms with van der Waals surface area (Å²) in [5.41, 5.74) is 0.816. The summed E-state index contributed by atoms with van der Waals surface area (Å²) in [6.07, 6.45) is 2.57. The fourth-order valence-electron chi connectivity index (χ4n) is 3.25. The van der Waals surface area contributed by atoms with Gasteiger partial charge in [0.25, 0.3) is 0 Å². The van der Waals surface area contributed by atoms with E-state index in [1.807, 2.05) is 0 Å². The molecule has 1 aromatic carbocycles. The first-order chi connectivity index (χ1) is 9.13. The second-order valence-electron chi connectivity index (χ2n) is 5.55. The van der Waals surface area contributed by atoms with Gasteiger partial charge in [-0.25, -0.2) is 0 Å². The zero-order chi connectivity index (χ0) is 13.4. The van der Waals surface area contributed by atoms with Crippen molar-refractivity contribution in [1.82, 2.24) is 10.2 Å². The van der Waals surface area contributed by atoms with Crippen molar-refractivity contribution in [3.8, 4) is 5.75 Å². The molecular formula is C14H18Cl2N2O. The topological polar surface area (TPSA) is 35.5 Å². The van der Waals surface area contributed by atoms with E-state index in [1.54, 1.807) is 12.1 Å². The minimum atomic E-state index is 0.161. The van der Waals surface area contributed by atoms with Gasteiger partial charge in [0, 0.05) is 36.3 Å². The average Bonchev–Trinajstić information content (AvgIpc) is 2.77. The minimum Gasteiger partial charge on any atom is -0.506 e. The van der Waals surface area contributed by atoms with E-state index in [0.29, 0.717) is 22.6 Å². The van der Waals surface area contributed by atoms with Crippen molar-refractivity contribution in [1.29, 1.82) is 0 Å². The molecule has 2 aliphatic heterocycles. The number of rotatable bonds is 2. The lowest BCUT2D eigenvalue weighted by molar-refractivity contribution is 0.307. The highest BCUT2D eigenvalue weighted by molar-refractivity contribution is 6.35. The lowest BCUT2D eigenvalue weighted by Crippen LogP contribution is -2.40. The third kappa shape index (κ3) is 2.84. The molecule has 3 nitrogen and oxygen atoms in total. The van der Waals surface area contributed by atoms with Crippen molar-refractivity contribution in [2.24, 2.45) is 5.92 Å². The zero-order valence-electron chi connectivity index (χ0n) is 10.7. The van der Waals surface area contributed by atoms with Crippen LogP contribution in [0.2, 0.25) is 10.0 Å². The highest BCUT2D eigenvalue weighted by atomic mass is 35.5. The Hall–Kier alpha value is -0.480. The number of nitrogens with one attached hydrogen (secondary N) is 1. The number of benzene rings is 1. The molecule has 2 heterocycles. The standard InChI is InChI=1S/C14H18Cl2N2O/c15-11-4-10(14(19)12(16)5-11)7-18-6-9-2-1-3-17-13(9)8-18/h4-5,9,13,17,19H,1-3,6-8H2. The maximum Gasteiger partial charge on any atom is 0.138 e. The van der Waals surface area contributed by atoms with Crippen molar-refractivity contribution >= 4 is 23.2 Å². The Labute approximate surface area is 123 Å². The Morgan fingerprint density at radius 3 is 2.95 bits per heavy atom. The van der Waals surface area contributed by atoms with E-state index in [0.717, 1.165) is 31.1 Å². The molecule has 0 aliphatic carbocycles. The van der Waals surface area contributed by atoms with Gasteiger partial charge in [0.05, 0.1) is 5.02 Å². The number of piperidine rings is 1. The van der Waals surface area contributed by atoms with Gasteiger partial charge in [0.1, 0.15) is 5.75 Å². The molecule has 0 aromatic heterocycles. The highest BCUT2D eigenvalue weighted by Gasteiger charge is 2.34. The summed E-state index contributed by atoms with van der Waals surface area (Å²) in [4.78, 5) is 2.37. The van der Waals surface area contributed by atoms with Crippen molar-refractivity contribution in [2.45, 2.75) is 25.4 Å². The summed E-state index contributed by atoms with van der Waals surface area (Å²) in [7, 11) is 0. The van der Waals surface area contributed by atoms with Gasteiger partial charge >= 0.3 is 0 Å². The van der Waals surface area contributed by atoms with Crippen LogP contribution in [0.1, 0.15) is 18.4 Å². The molecule has 2 atom stereocenters. The fourth-order valence-corrected chi connectivity index (χ4v) is 3.78. The smallest absolute Gasteiger partial charge is 0.138 e. The third-order valence-corrected chi connectivity index (χ3v) is 4.68. The van der Waals surface area contributed by atoms with E-state index in [1.165, 1.54) is 12.8 Å². The highest BCUT2D eigenvalue weighted by Crippen LogP contribution is 2.33. The van der Waals surface area contributed by atoms with Crippen molar-refractivity contribution in [2.75, 3.05) is 19.6 Å². The number of halogens is 2. The molecule has 2 aliphatic rings. The molecule has 104 valence electrons. The van der Waals surface area contributed by atoms with Crippen LogP contribution in [0, 0.1) is 5.92 Å². The van der Waals surface area contributed by atoms with Crippen LogP contribution < -0.4 is 5.32 Å². The number of hydrogen-bond donors (Lipinski definition) is 2. The first-order valence-corrected chi connectivity index (χ1v) is 7.51. The summed E-state index contributed by atoms with van der Waals surface area (Å²) >= 11 is 12.0. The van der Waals surface area contributed by atoms with E-state index in [-0.39, 0.29) is 5.75 Å². The number of aromatic hydroxyl groups is 1. The molecule has 19 heavy (non-hydrogen) atoms. The Morgan fingerprint density at radius 2 is 2.16 bits per heavy atom. The number of hydrogen-bond acceptors (Lipinski definition) is 3. The van der Waals surface area contributed by atoms with Crippen LogP contribution in [0.5, 0.6) is 5.75 Å². The van der Waals surface area contributed by atoms with Crippen LogP contribution >= 0.6 is 23.2 Å². The first kappa shape index (κ1) is 13.5.